The lowest BCUT2D eigenvalue weighted by Crippen LogP contribution is -2.07. The third-order valence-corrected chi connectivity index (χ3v) is 2.92. The number of rotatable bonds is 2. The fraction of sp³-hybridized carbons (Fsp3) is 0. The summed E-state index contributed by atoms with van der Waals surface area (Å²) in [4.78, 5) is -0.0917. The number of nitrogens with two attached hydrogens (primary N) is 1. The van der Waals surface area contributed by atoms with Gasteiger partial charge in [-0.1, -0.05) is 19.4 Å². The highest BCUT2D eigenvalue weighted by Gasteiger charge is 2.65. The second kappa shape index (κ2) is 2.62. The van der Waals surface area contributed by atoms with Crippen LogP contribution in [-0.2, 0) is 0 Å². The van der Waals surface area contributed by atoms with Crippen molar-refractivity contribution in [2.45, 2.75) is 4.90 Å². The molecule has 0 atom stereocenters. The Balaban J connectivity index is 3.39. The Morgan fingerprint density at radius 3 is 2.00 bits per heavy atom. The average Bonchev–Trinajstić information content (AvgIpc) is 2.00. The molecule has 0 aromatic heterocycles. The van der Waals surface area contributed by atoms with Crippen molar-refractivity contribution in [1.29, 1.82) is 0 Å². The van der Waals surface area contributed by atoms with E-state index in [1.165, 1.54) is 0 Å². The van der Waals surface area contributed by atoms with Crippen molar-refractivity contribution in [3.63, 3.8) is 0 Å². The van der Waals surface area contributed by atoms with Gasteiger partial charge in [0.15, 0.2) is 0 Å². The maximum Gasteiger partial charge on any atom is 0.310 e. The summed E-state index contributed by atoms with van der Waals surface area (Å²) in [6, 6.07) is 1.10. The molecule has 0 saturated heterocycles. The lowest BCUT2D eigenvalue weighted by Gasteiger charge is -2.40. The molecule has 0 aliphatic heterocycles. The Hall–Kier alpha value is -0.890. The van der Waals surface area contributed by atoms with E-state index in [0.717, 1.165) is 6.07 Å². The zero-order valence-corrected chi connectivity index (χ0v) is 8.56. The van der Waals surface area contributed by atoms with Gasteiger partial charge in [0, 0.05) is 11.8 Å². The van der Waals surface area contributed by atoms with Crippen LogP contribution in [0.4, 0.5) is 30.8 Å². The van der Waals surface area contributed by atoms with E-state index in [1.807, 2.05) is 4.84 Å². The molecule has 0 aliphatic rings. The quantitative estimate of drug-likeness (QED) is 0.471. The monoisotopic (exact) mass is 268 g/mol. The second-order valence-electron chi connectivity index (χ2n) is 2.81. The summed E-state index contributed by atoms with van der Waals surface area (Å²) >= 11 is 5.08. The zero-order valence-electron chi connectivity index (χ0n) is 6.99. The van der Waals surface area contributed by atoms with Gasteiger partial charge < -0.3 is 5.73 Å². The third kappa shape index (κ3) is 2.78. The van der Waals surface area contributed by atoms with Crippen LogP contribution >= 0.6 is 22.0 Å². The molecule has 1 rings (SSSR count). The maximum atomic E-state index is 12.3. The van der Waals surface area contributed by atoms with Gasteiger partial charge in [-0.3, -0.25) is 4.84 Å². The van der Waals surface area contributed by atoms with E-state index in [9.17, 15) is 19.4 Å². The first-order chi connectivity index (χ1) is 6.44. The minimum absolute atomic E-state index is 0.0673. The summed E-state index contributed by atoms with van der Waals surface area (Å²) in [5.41, 5.74) is 4.51. The zero-order chi connectivity index (χ0) is 12.0. The summed E-state index contributed by atoms with van der Waals surface area (Å²) in [6.07, 6.45) is 0. The molecular weight excluding hydrogens is 263 g/mol. The van der Waals surface area contributed by atoms with Crippen LogP contribution in [0, 0.1) is 0 Å². The molecule has 9 heteroatoms. The second-order valence-corrected chi connectivity index (χ2v) is 5.41. The molecule has 1 aromatic rings. The minimum atomic E-state index is -9.65. The van der Waals surface area contributed by atoms with Crippen molar-refractivity contribution in [2.24, 2.45) is 0 Å². The van der Waals surface area contributed by atoms with Crippen molar-refractivity contribution < 1.29 is 19.4 Å². The maximum absolute atomic E-state index is 12.3. The van der Waals surface area contributed by atoms with Gasteiger partial charge in [-0.05, 0) is 18.2 Å². The minimum Gasteiger partial charge on any atom is -0.397 e. The number of hydrogen-bond acceptors (Lipinski definition) is 2. The molecule has 0 spiro atoms. The lowest BCUT2D eigenvalue weighted by molar-refractivity contribution is 0.364. The molecule has 0 heterocycles. The molecule has 88 valence electrons. The molecule has 3 N–H and O–H groups in total. The fourth-order valence-electron chi connectivity index (χ4n) is 0.867. The topological polar surface area (TPSA) is 38.0 Å². The predicted molar refractivity (Wildman–Crippen MR) is 51.7 cm³/mol. The Morgan fingerprint density at radius 2 is 1.67 bits per heavy atom. The highest BCUT2D eigenvalue weighted by atomic mass is 35.5. The molecule has 0 unspecified atom stereocenters. The Morgan fingerprint density at radius 1 is 1.13 bits per heavy atom. The van der Waals surface area contributed by atoms with Gasteiger partial charge in [0.2, 0.25) is 0 Å². The van der Waals surface area contributed by atoms with Crippen LogP contribution in [0.5, 0.6) is 0 Å². The van der Waals surface area contributed by atoms with Crippen molar-refractivity contribution in [1.82, 2.24) is 0 Å². The Labute approximate surface area is 87.0 Å². The van der Waals surface area contributed by atoms with Crippen LogP contribution in [0.25, 0.3) is 0 Å². The first-order valence-electron chi connectivity index (χ1n) is 3.44. The number of nitrogens with one attached hydrogen (secondary N) is 1. The van der Waals surface area contributed by atoms with Crippen molar-refractivity contribution in [3.05, 3.63) is 18.2 Å². The summed E-state index contributed by atoms with van der Waals surface area (Å²) in [6.45, 7) is 0. The van der Waals surface area contributed by atoms with E-state index < -0.39 is 20.8 Å². The largest absolute Gasteiger partial charge is 0.397 e. The summed E-state index contributed by atoms with van der Waals surface area (Å²) in [7, 11) is -9.65. The molecule has 1 aromatic carbocycles. The molecule has 15 heavy (non-hydrogen) atoms. The third-order valence-electron chi connectivity index (χ3n) is 1.57. The Kier molecular flexibility index (Phi) is 2.12. The van der Waals surface area contributed by atoms with E-state index in [4.69, 9.17) is 17.5 Å². The van der Waals surface area contributed by atoms with Crippen LogP contribution in [0.3, 0.4) is 0 Å². The first-order valence-corrected chi connectivity index (χ1v) is 5.77. The molecule has 0 saturated carbocycles. The van der Waals surface area contributed by atoms with Crippen LogP contribution in [0.2, 0.25) is 0 Å². The molecule has 0 radical (unpaired) electrons. The summed E-state index contributed by atoms with van der Waals surface area (Å²) in [5.74, 6) is 0. The standard InChI is InChI=1S/C6H6ClF5N2S/c7-14-6-2-1-4(3-5(6)13)15(8,9,10,11)12/h1-3,14H,13H2. The van der Waals surface area contributed by atoms with Gasteiger partial charge in [0.1, 0.15) is 4.90 Å². The highest BCUT2D eigenvalue weighted by Crippen LogP contribution is 3.02. The summed E-state index contributed by atoms with van der Waals surface area (Å²) in [5, 5.41) is 0. The van der Waals surface area contributed by atoms with Crippen LogP contribution in [-0.4, -0.2) is 0 Å². The number of nitrogen functional groups attached to an aromatic ring is 1. The number of benzene rings is 1. The van der Waals surface area contributed by atoms with Crippen molar-refractivity contribution >= 4 is 33.4 Å². The fourth-order valence-corrected chi connectivity index (χ4v) is 1.71. The highest BCUT2D eigenvalue weighted by molar-refractivity contribution is 8.45. The van der Waals surface area contributed by atoms with Gasteiger partial charge in [0.25, 0.3) is 0 Å². The normalized spacial score (nSPS) is 16.7. The predicted octanol–water partition coefficient (Wildman–Crippen LogP) is 4.49. The van der Waals surface area contributed by atoms with E-state index in [1.54, 1.807) is 0 Å². The number of anilines is 2. The Bertz CT molecular complexity index is 403. The van der Waals surface area contributed by atoms with Crippen molar-refractivity contribution in [2.75, 3.05) is 10.6 Å². The van der Waals surface area contributed by atoms with E-state index >= 15 is 0 Å². The number of hydrogen-bond donors (Lipinski definition) is 2. The van der Waals surface area contributed by atoms with Crippen LogP contribution in [0.15, 0.2) is 23.1 Å². The van der Waals surface area contributed by atoms with E-state index in [0.29, 0.717) is 0 Å². The van der Waals surface area contributed by atoms with Gasteiger partial charge in [-0.25, -0.2) is 0 Å². The van der Waals surface area contributed by atoms with E-state index in [2.05, 4.69) is 0 Å². The van der Waals surface area contributed by atoms with Crippen LogP contribution in [0.1, 0.15) is 0 Å². The first kappa shape index (κ1) is 12.2. The van der Waals surface area contributed by atoms with Gasteiger partial charge in [-0.2, -0.15) is 0 Å². The molecular formula is C6H6ClF5N2S. The van der Waals surface area contributed by atoms with E-state index in [-0.39, 0.29) is 17.8 Å². The molecule has 2 nitrogen and oxygen atoms in total. The summed E-state index contributed by atoms with van der Waals surface area (Å²) < 4.78 is 61.3. The molecule has 0 fully saturated rings. The van der Waals surface area contributed by atoms with Crippen LogP contribution < -0.4 is 10.6 Å². The van der Waals surface area contributed by atoms with Gasteiger partial charge in [-0.15, -0.1) is 0 Å². The van der Waals surface area contributed by atoms with Gasteiger partial charge in [0.05, 0.1) is 11.4 Å². The van der Waals surface area contributed by atoms with Crippen molar-refractivity contribution in [3.8, 4) is 0 Å². The molecule has 0 bridgehead atoms. The smallest absolute Gasteiger partial charge is 0.310 e. The van der Waals surface area contributed by atoms with Gasteiger partial charge >= 0.3 is 10.2 Å². The molecule has 0 amide bonds. The average molecular weight is 269 g/mol. The SMILES string of the molecule is Nc1cc(S(F)(F)(F)(F)F)ccc1NCl. The lowest BCUT2D eigenvalue weighted by atomic mass is 10.3. The molecule has 0 aliphatic carbocycles. The number of halogens is 6.